The van der Waals surface area contributed by atoms with Gasteiger partial charge in [0.2, 0.25) is 0 Å². The van der Waals surface area contributed by atoms with Gasteiger partial charge in [-0.05, 0) is 25.0 Å². The first-order valence-electron chi connectivity index (χ1n) is 8.12. The highest BCUT2D eigenvalue weighted by Crippen LogP contribution is 2.40. The first-order valence-corrected chi connectivity index (χ1v) is 9.56. The van der Waals surface area contributed by atoms with Gasteiger partial charge in [-0.25, -0.2) is 13.4 Å². The molecule has 0 radical (unpaired) electrons. The van der Waals surface area contributed by atoms with Gasteiger partial charge >= 0.3 is 0 Å². The van der Waals surface area contributed by atoms with Gasteiger partial charge in [0.1, 0.15) is 11.9 Å². The number of rotatable bonds is 4. The van der Waals surface area contributed by atoms with E-state index in [0.717, 1.165) is 18.6 Å². The van der Waals surface area contributed by atoms with E-state index in [1.54, 1.807) is 34.5 Å². The summed E-state index contributed by atoms with van der Waals surface area (Å²) in [5.74, 6) is 0.739. The molecule has 24 heavy (non-hydrogen) atoms. The van der Waals surface area contributed by atoms with Crippen molar-refractivity contribution in [3.8, 4) is 5.75 Å². The summed E-state index contributed by atoms with van der Waals surface area (Å²) >= 11 is 0. The topological polar surface area (TPSA) is 77.3 Å². The first kappa shape index (κ1) is 15.6. The van der Waals surface area contributed by atoms with Crippen molar-refractivity contribution >= 4 is 10.0 Å². The lowest BCUT2D eigenvalue weighted by Gasteiger charge is -2.37. The molecule has 2 atom stereocenters. The predicted octanol–water partition coefficient (Wildman–Crippen LogP) is 1.58. The van der Waals surface area contributed by atoms with Crippen LogP contribution in [0.3, 0.4) is 0 Å². The van der Waals surface area contributed by atoms with Gasteiger partial charge in [0.25, 0.3) is 10.0 Å². The Balaban J connectivity index is 1.53. The molecule has 2 unspecified atom stereocenters. The third kappa shape index (κ3) is 2.69. The number of ether oxygens (including phenoxy) is 1. The minimum absolute atomic E-state index is 0.0163. The lowest BCUT2D eigenvalue weighted by atomic mass is 10.0. The van der Waals surface area contributed by atoms with Crippen LogP contribution >= 0.6 is 0 Å². The standard InChI is InChI=1S/C16H20N4O3S/c1-19-10-16(18-11-19)24(21,22)20-12-4-5-13(20)8-15(7-12)23-14-3-2-6-17-9-14/h2-3,6,9-13,15H,4-5,7-8H2,1H3. The molecule has 0 spiro atoms. The molecule has 0 amide bonds. The van der Waals surface area contributed by atoms with Crippen LogP contribution in [-0.2, 0) is 17.1 Å². The van der Waals surface area contributed by atoms with Crippen molar-refractivity contribution in [1.82, 2.24) is 18.8 Å². The highest BCUT2D eigenvalue weighted by Gasteiger charge is 2.48. The molecule has 4 rings (SSSR count). The van der Waals surface area contributed by atoms with E-state index in [1.165, 1.54) is 6.33 Å². The minimum Gasteiger partial charge on any atom is -0.489 e. The molecular weight excluding hydrogens is 328 g/mol. The number of hydrogen-bond donors (Lipinski definition) is 0. The Morgan fingerprint density at radius 3 is 2.58 bits per heavy atom. The summed E-state index contributed by atoms with van der Waals surface area (Å²) in [6.07, 6.45) is 9.68. The minimum atomic E-state index is -3.54. The van der Waals surface area contributed by atoms with E-state index in [1.807, 2.05) is 12.1 Å². The molecule has 4 heterocycles. The maximum absolute atomic E-state index is 12.9. The Kier molecular flexibility index (Phi) is 3.80. The van der Waals surface area contributed by atoms with E-state index in [-0.39, 0.29) is 23.2 Å². The van der Waals surface area contributed by atoms with Gasteiger partial charge < -0.3 is 9.30 Å². The van der Waals surface area contributed by atoms with Gasteiger partial charge in [-0.3, -0.25) is 4.98 Å². The highest BCUT2D eigenvalue weighted by molar-refractivity contribution is 7.89. The van der Waals surface area contributed by atoms with Crippen molar-refractivity contribution < 1.29 is 13.2 Å². The van der Waals surface area contributed by atoms with E-state index < -0.39 is 10.0 Å². The Bertz CT molecular complexity index is 807. The second-order valence-electron chi connectivity index (χ2n) is 6.50. The maximum atomic E-state index is 12.9. The summed E-state index contributed by atoms with van der Waals surface area (Å²) < 4.78 is 35.2. The van der Waals surface area contributed by atoms with Gasteiger partial charge in [-0.2, -0.15) is 4.31 Å². The van der Waals surface area contributed by atoms with Crippen LogP contribution in [0.5, 0.6) is 5.75 Å². The Morgan fingerprint density at radius 2 is 2.00 bits per heavy atom. The van der Waals surface area contributed by atoms with Crippen LogP contribution in [-0.4, -0.2) is 45.4 Å². The molecule has 7 nitrogen and oxygen atoms in total. The van der Waals surface area contributed by atoms with Crippen molar-refractivity contribution in [1.29, 1.82) is 0 Å². The van der Waals surface area contributed by atoms with Crippen LogP contribution in [0.4, 0.5) is 0 Å². The summed E-state index contributed by atoms with van der Waals surface area (Å²) in [4.78, 5) is 8.10. The van der Waals surface area contributed by atoms with Crippen molar-refractivity contribution in [3.63, 3.8) is 0 Å². The molecule has 8 heteroatoms. The Hall–Kier alpha value is -1.93. The summed E-state index contributed by atoms with van der Waals surface area (Å²) in [6.45, 7) is 0. The van der Waals surface area contributed by atoms with Crippen LogP contribution < -0.4 is 4.74 Å². The molecule has 2 fully saturated rings. The average molecular weight is 348 g/mol. The van der Waals surface area contributed by atoms with Gasteiger partial charge in [0.15, 0.2) is 5.03 Å². The molecule has 2 bridgehead atoms. The molecule has 2 aromatic heterocycles. The van der Waals surface area contributed by atoms with Crippen molar-refractivity contribution in [3.05, 3.63) is 37.1 Å². The van der Waals surface area contributed by atoms with Crippen molar-refractivity contribution in [2.24, 2.45) is 7.05 Å². The zero-order valence-corrected chi connectivity index (χ0v) is 14.3. The number of piperidine rings is 1. The summed E-state index contributed by atoms with van der Waals surface area (Å²) in [5.41, 5.74) is 0. The molecule has 0 aromatic carbocycles. The zero-order valence-electron chi connectivity index (χ0n) is 13.4. The quantitative estimate of drug-likeness (QED) is 0.838. The SMILES string of the molecule is Cn1cnc(S(=O)(=O)N2C3CCC2CC(Oc2cccnc2)C3)c1. The number of aromatic nitrogens is 3. The number of aryl methyl sites for hydroxylation is 1. The molecule has 2 aliphatic heterocycles. The van der Waals surface area contributed by atoms with Crippen LogP contribution in [0, 0.1) is 0 Å². The smallest absolute Gasteiger partial charge is 0.262 e. The molecule has 0 N–H and O–H groups in total. The molecule has 128 valence electrons. The zero-order chi connectivity index (χ0) is 16.7. The van der Waals surface area contributed by atoms with Crippen LogP contribution in [0.15, 0.2) is 42.1 Å². The Morgan fingerprint density at radius 1 is 1.25 bits per heavy atom. The second-order valence-corrected chi connectivity index (χ2v) is 8.29. The van der Waals surface area contributed by atoms with E-state index in [4.69, 9.17) is 4.74 Å². The van der Waals surface area contributed by atoms with Gasteiger partial charge in [0.05, 0.1) is 12.5 Å². The number of sulfonamides is 1. The molecule has 2 aromatic rings. The van der Waals surface area contributed by atoms with E-state index in [9.17, 15) is 8.42 Å². The average Bonchev–Trinajstić information content (AvgIpc) is 3.11. The molecular formula is C16H20N4O3S. The number of nitrogens with zero attached hydrogens (tertiary/aromatic N) is 4. The van der Waals surface area contributed by atoms with Gasteiger partial charge in [-0.15, -0.1) is 0 Å². The van der Waals surface area contributed by atoms with Crippen molar-refractivity contribution in [2.75, 3.05) is 0 Å². The van der Waals surface area contributed by atoms with Crippen LogP contribution in [0.1, 0.15) is 25.7 Å². The lowest BCUT2D eigenvalue weighted by Crippen LogP contribution is -2.49. The number of pyridine rings is 1. The fourth-order valence-electron chi connectivity index (χ4n) is 3.81. The normalized spacial score (nSPS) is 27.3. The number of fused-ring (bicyclic) bond motifs is 2. The van der Waals surface area contributed by atoms with Crippen molar-refractivity contribution in [2.45, 2.75) is 48.9 Å². The highest BCUT2D eigenvalue weighted by atomic mass is 32.2. The maximum Gasteiger partial charge on any atom is 0.262 e. The third-order valence-corrected chi connectivity index (χ3v) is 6.67. The van der Waals surface area contributed by atoms with Crippen LogP contribution in [0.25, 0.3) is 0 Å². The van der Waals surface area contributed by atoms with E-state index >= 15 is 0 Å². The van der Waals surface area contributed by atoms with Gasteiger partial charge in [-0.1, -0.05) is 0 Å². The van der Waals surface area contributed by atoms with Gasteiger partial charge in [0, 0.05) is 44.4 Å². The second kappa shape index (κ2) is 5.86. The fraction of sp³-hybridized carbons (Fsp3) is 0.500. The monoisotopic (exact) mass is 348 g/mol. The lowest BCUT2D eigenvalue weighted by molar-refractivity contribution is 0.0952. The number of hydrogen-bond acceptors (Lipinski definition) is 5. The van der Waals surface area contributed by atoms with E-state index in [0.29, 0.717) is 12.8 Å². The van der Waals surface area contributed by atoms with Crippen LogP contribution in [0.2, 0.25) is 0 Å². The molecule has 2 saturated heterocycles. The molecule has 2 aliphatic rings. The molecule has 0 saturated carbocycles. The first-order chi connectivity index (χ1) is 11.5. The summed E-state index contributed by atoms with van der Waals surface area (Å²) in [6, 6.07) is 3.69. The predicted molar refractivity (Wildman–Crippen MR) is 86.9 cm³/mol. The summed E-state index contributed by atoms with van der Waals surface area (Å²) in [5, 5.41) is 0.133. The largest absolute Gasteiger partial charge is 0.489 e. The van der Waals surface area contributed by atoms with E-state index in [2.05, 4.69) is 9.97 Å². The third-order valence-electron chi connectivity index (χ3n) is 4.78. The number of imidazole rings is 1. The Labute approximate surface area is 141 Å². The molecule has 0 aliphatic carbocycles. The fourth-order valence-corrected chi connectivity index (χ4v) is 5.68. The summed E-state index contributed by atoms with van der Waals surface area (Å²) in [7, 11) is -1.77.